The van der Waals surface area contributed by atoms with E-state index in [1.54, 1.807) is 0 Å². The van der Waals surface area contributed by atoms with E-state index in [4.69, 9.17) is 0 Å². The van der Waals surface area contributed by atoms with Crippen molar-refractivity contribution in [1.82, 2.24) is 15.1 Å². The SMILES string of the molecule is O=C(CCC1CCCCC1)NCCn1nc(C(F)(F)F)cc1C1CC1. The fourth-order valence-corrected chi connectivity index (χ4v) is 3.66. The minimum Gasteiger partial charge on any atom is -0.354 e. The van der Waals surface area contributed by atoms with E-state index in [-0.39, 0.29) is 18.4 Å². The monoisotopic (exact) mass is 357 g/mol. The lowest BCUT2D eigenvalue weighted by atomic mass is 9.86. The number of rotatable bonds is 7. The number of carbonyl (C=O) groups is 1. The number of aromatic nitrogens is 2. The lowest BCUT2D eigenvalue weighted by molar-refractivity contribution is -0.141. The molecule has 7 heteroatoms. The highest BCUT2D eigenvalue weighted by atomic mass is 19.4. The third kappa shape index (κ3) is 5.22. The highest BCUT2D eigenvalue weighted by molar-refractivity contribution is 5.75. The Morgan fingerprint density at radius 2 is 1.92 bits per heavy atom. The molecule has 0 radical (unpaired) electrons. The zero-order valence-corrected chi connectivity index (χ0v) is 14.4. The van der Waals surface area contributed by atoms with Gasteiger partial charge in [-0.2, -0.15) is 18.3 Å². The van der Waals surface area contributed by atoms with E-state index < -0.39 is 11.9 Å². The van der Waals surface area contributed by atoms with Gasteiger partial charge in [0.05, 0.1) is 6.54 Å². The first kappa shape index (κ1) is 18.3. The molecule has 0 saturated heterocycles. The average Bonchev–Trinajstić information content (AvgIpc) is 3.33. The molecule has 1 N–H and O–H groups in total. The molecular formula is C18H26F3N3O. The third-order valence-corrected chi connectivity index (χ3v) is 5.25. The van der Waals surface area contributed by atoms with Gasteiger partial charge in [-0.25, -0.2) is 0 Å². The second-order valence-corrected chi connectivity index (χ2v) is 7.34. The van der Waals surface area contributed by atoms with E-state index in [9.17, 15) is 18.0 Å². The van der Waals surface area contributed by atoms with Crippen LogP contribution in [-0.4, -0.2) is 22.2 Å². The van der Waals surface area contributed by atoms with Crippen LogP contribution in [0.4, 0.5) is 13.2 Å². The maximum absolute atomic E-state index is 12.8. The minimum absolute atomic E-state index is 0.0123. The van der Waals surface area contributed by atoms with Crippen molar-refractivity contribution < 1.29 is 18.0 Å². The molecule has 0 spiro atoms. The van der Waals surface area contributed by atoms with Crippen LogP contribution in [-0.2, 0) is 17.5 Å². The van der Waals surface area contributed by atoms with Crippen molar-refractivity contribution in [1.29, 1.82) is 0 Å². The van der Waals surface area contributed by atoms with Crippen molar-refractivity contribution in [3.8, 4) is 0 Å². The average molecular weight is 357 g/mol. The van der Waals surface area contributed by atoms with Gasteiger partial charge in [0.15, 0.2) is 5.69 Å². The van der Waals surface area contributed by atoms with E-state index in [0.717, 1.165) is 25.3 Å². The van der Waals surface area contributed by atoms with Crippen LogP contribution in [0.5, 0.6) is 0 Å². The van der Waals surface area contributed by atoms with Crippen molar-refractivity contribution in [2.24, 2.45) is 5.92 Å². The van der Waals surface area contributed by atoms with E-state index in [1.165, 1.54) is 36.8 Å². The Kier molecular flexibility index (Phi) is 5.69. The van der Waals surface area contributed by atoms with Crippen LogP contribution in [0.3, 0.4) is 0 Å². The van der Waals surface area contributed by atoms with Gasteiger partial charge in [0.1, 0.15) is 0 Å². The third-order valence-electron chi connectivity index (χ3n) is 5.25. The molecule has 1 heterocycles. The Bertz CT molecular complexity index is 587. The van der Waals surface area contributed by atoms with Gasteiger partial charge in [0.2, 0.25) is 5.91 Å². The standard InChI is InChI=1S/C18H26F3N3O/c19-18(20,21)16-12-15(14-7-8-14)24(23-16)11-10-22-17(25)9-6-13-4-2-1-3-5-13/h12-14H,1-11H2,(H,22,25). The van der Waals surface area contributed by atoms with Crippen LogP contribution in [0.25, 0.3) is 0 Å². The first-order valence-corrected chi connectivity index (χ1v) is 9.35. The highest BCUT2D eigenvalue weighted by Crippen LogP contribution is 2.42. The molecule has 25 heavy (non-hydrogen) atoms. The molecule has 2 aliphatic rings. The summed E-state index contributed by atoms with van der Waals surface area (Å²) in [4.78, 5) is 12.0. The summed E-state index contributed by atoms with van der Waals surface area (Å²) in [5, 5.41) is 6.52. The molecule has 2 aliphatic carbocycles. The predicted molar refractivity (Wildman–Crippen MR) is 88.0 cm³/mol. The van der Waals surface area contributed by atoms with Gasteiger partial charge in [-0.15, -0.1) is 0 Å². The summed E-state index contributed by atoms with van der Waals surface area (Å²) >= 11 is 0. The number of amides is 1. The largest absolute Gasteiger partial charge is 0.435 e. The second-order valence-electron chi connectivity index (χ2n) is 7.34. The molecule has 0 aliphatic heterocycles. The maximum Gasteiger partial charge on any atom is 0.435 e. The van der Waals surface area contributed by atoms with Gasteiger partial charge >= 0.3 is 6.18 Å². The van der Waals surface area contributed by atoms with Crippen molar-refractivity contribution in [3.63, 3.8) is 0 Å². The molecular weight excluding hydrogens is 331 g/mol. The van der Waals surface area contributed by atoms with Crippen LogP contribution in [0.1, 0.15) is 75.1 Å². The summed E-state index contributed by atoms with van der Waals surface area (Å²) in [5.74, 6) is 0.828. The van der Waals surface area contributed by atoms with Gasteiger partial charge in [0.25, 0.3) is 0 Å². The van der Waals surface area contributed by atoms with Crippen molar-refractivity contribution in [3.05, 3.63) is 17.5 Å². The van der Waals surface area contributed by atoms with Gasteiger partial charge in [-0.3, -0.25) is 9.48 Å². The lowest BCUT2D eigenvalue weighted by Crippen LogP contribution is -2.28. The molecule has 1 amide bonds. The summed E-state index contributed by atoms with van der Waals surface area (Å²) in [6.45, 7) is 0.610. The summed E-state index contributed by atoms with van der Waals surface area (Å²) in [6, 6.07) is 1.16. The van der Waals surface area contributed by atoms with E-state index >= 15 is 0 Å². The summed E-state index contributed by atoms with van der Waals surface area (Å²) in [6.07, 6.45) is 5.08. The molecule has 0 bridgehead atoms. The Balaban J connectivity index is 1.45. The molecule has 140 valence electrons. The van der Waals surface area contributed by atoms with Crippen LogP contribution >= 0.6 is 0 Å². The molecule has 2 saturated carbocycles. The minimum atomic E-state index is -4.42. The lowest BCUT2D eigenvalue weighted by Gasteiger charge is -2.21. The van der Waals surface area contributed by atoms with Crippen LogP contribution in [0, 0.1) is 5.92 Å². The van der Waals surface area contributed by atoms with Gasteiger partial charge in [-0.05, 0) is 31.2 Å². The summed E-state index contributed by atoms with van der Waals surface area (Å²) in [7, 11) is 0. The van der Waals surface area contributed by atoms with Crippen molar-refractivity contribution in [2.75, 3.05) is 6.54 Å². The van der Waals surface area contributed by atoms with Crippen molar-refractivity contribution >= 4 is 5.91 Å². The number of carbonyl (C=O) groups excluding carboxylic acids is 1. The Labute approximate surface area is 146 Å². The predicted octanol–water partition coefficient (Wildman–Crippen LogP) is 4.26. The molecule has 2 fully saturated rings. The van der Waals surface area contributed by atoms with Gasteiger partial charge < -0.3 is 5.32 Å². The first-order valence-electron chi connectivity index (χ1n) is 9.35. The first-order chi connectivity index (χ1) is 11.9. The zero-order chi connectivity index (χ0) is 17.9. The molecule has 0 aromatic carbocycles. The topological polar surface area (TPSA) is 46.9 Å². The number of nitrogens with zero attached hydrogens (tertiary/aromatic N) is 2. The van der Waals surface area contributed by atoms with Crippen LogP contribution < -0.4 is 5.32 Å². The molecule has 3 rings (SSSR count). The maximum atomic E-state index is 12.8. The quantitative estimate of drug-likeness (QED) is 0.793. The van der Waals surface area contributed by atoms with E-state index in [2.05, 4.69) is 10.4 Å². The zero-order valence-electron chi connectivity index (χ0n) is 14.4. The molecule has 0 unspecified atom stereocenters. The van der Waals surface area contributed by atoms with Gasteiger partial charge in [-0.1, -0.05) is 32.1 Å². The van der Waals surface area contributed by atoms with Crippen LogP contribution in [0.15, 0.2) is 6.07 Å². The molecule has 0 atom stereocenters. The smallest absolute Gasteiger partial charge is 0.354 e. The van der Waals surface area contributed by atoms with Gasteiger partial charge in [0, 0.05) is 24.6 Å². The number of alkyl halides is 3. The highest BCUT2D eigenvalue weighted by Gasteiger charge is 2.37. The van der Waals surface area contributed by atoms with Crippen molar-refractivity contribution in [2.45, 2.75) is 76.4 Å². The fourth-order valence-electron chi connectivity index (χ4n) is 3.66. The molecule has 1 aromatic rings. The number of hydrogen-bond donors (Lipinski definition) is 1. The molecule has 1 aromatic heterocycles. The summed E-state index contributed by atoms with van der Waals surface area (Å²) < 4.78 is 40.0. The Morgan fingerprint density at radius 3 is 2.56 bits per heavy atom. The summed E-state index contributed by atoms with van der Waals surface area (Å²) in [5.41, 5.74) is -0.193. The molecule has 4 nitrogen and oxygen atoms in total. The number of hydrogen-bond acceptors (Lipinski definition) is 2. The second kappa shape index (κ2) is 7.79. The van der Waals surface area contributed by atoms with E-state index in [0.29, 0.717) is 24.6 Å². The number of nitrogens with one attached hydrogen (secondary N) is 1. The van der Waals surface area contributed by atoms with Crippen LogP contribution in [0.2, 0.25) is 0 Å². The Hall–Kier alpha value is -1.53. The number of halogens is 3. The fraction of sp³-hybridized carbons (Fsp3) is 0.778. The normalized spacial score (nSPS) is 19.2. The van der Waals surface area contributed by atoms with E-state index in [1.807, 2.05) is 0 Å². The Morgan fingerprint density at radius 1 is 1.20 bits per heavy atom.